The van der Waals surface area contributed by atoms with Gasteiger partial charge in [0.25, 0.3) is 0 Å². The Morgan fingerprint density at radius 2 is 2.18 bits per heavy atom. The predicted octanol–water partition coefficient (Wildman–Crippen LogP) is 1.20. The van der Waals surface area contributed by atoms with Gasteiger partial charge in [0.05, 0.1) is 18.6 Å². The Morgan fingerprint density at radius 3 is 2.71 bits per heavy atom. The van der Waals surface area contributed by atoms with E-state index in [1.807, 2.05) is 0 Å². The van der Waals surface area contributed by atoms with Gasteiger partial charge in [0.15, 0.2) is 0 Å². The molecule has 98 valence electrons. The first-order chi connectivity index (χ1) is 8.10. The van der Waals surface area contributed by atoms with Crippen molar-refractivity contribution in [3.63, 3.8) is 0 Å². The summed E-state index contributed by atoms with van der Waals surface area (Å²) in [5.41, 5.74) is 0. The van der Waals surface area contributed by atoms with Crippen molar-refractivity contribution >= 4 is 10.0 Å². The maximum Gasteiger partial charge on any atom is 0.214 e. The van der Waals surface area contributed by atoms with E-state index in [0.717, 1.165) is 0 Å². The van der Waals surface area contributed by atoms with Gasteiger partial charge in [-0.25, -0.2) is 8.42 Å². The number of hydrogen-bond acceptors (Lipinski definition) is 4. The minimum Gasteiger partial charge on any atom is -0.468 e. The molecular formula is C11H19NO4S. The molecule has 1 heterocycles. The molecular weight excluding hydrogens is 242 g/mol. The molecule has 5 nitrogen and oxygen atoms in total. The largest absolute Gasteiger partial charge is 0.468 e. The third-order valence-electron chi connectivity index (χ3n) is 2.47. The maximum atomic E-state index is 12.0. The van der Waals surface area contributed by atoms with Gasteiger partial charge in [-0.1, -0.05) is 6.92 Å². The average molecular weight is 261 g/mol. The van der Waals surface area contributed by atoms with Crippen LogP contribution in [0.2, 0.25) is 0 Å². The fourth-order valence-electron chi connectivity index (χ4n) is 1.51. The lowest BCUT2D eigenvalue weighted by atomic mass is 10.4. The van der Waals surface area contributed by atoms with Crippen molar-refractivity contribution < 1.29 is 17.9 Å². The first kappa shape index (κ1) is 14.2. The van der Waals surface area contributed by atoms with Gasteiger partial charge in [-0.2, -0.15) is 4.31 Å². The molecule has 0 aliphatic carbocycles. The zero-order valence-electron chi connectivity index (χ0n) is 10.0. The van der Waals surface area contributed by atoms with E-state index in [1.165, 1.54) is 10.6 Å². The first-order valence-corrected chi connectivity index (χ1v) is 7.32. The fourth-order valence-corrected chi connectivity index (χ4v) is 3.05. The van der Waals surface area contributed by atoms with Crippen LogP contribution in [0, 0.1) is 0 Å². The smallest absolute Gasteiger partial charge is 0.214 e. The summed E-state index contributed by atoms with van der Waals surface area (Å²) in [6.07, 6.45) is 2.52. The number of aliphatic hydroxyl groups is 1. The molecule has 0 saturated heterocycles. The topological polar surface area (TPSA) is 70.8 Å². The van der Waals surface area contributed by atoms with Crippen LogP contribution in [0.3, 0.4) is 0 Å². The number of aliphatic hydroxyl groups excluding tert-OH is 1. The number of rotatable bonds is 8. The molecule has 1 aromatic rings. The number of hydrogen-bond donors (Lipinski definition) is 1. The van der Waals surface area contributed by atoms with Gasteiger partial charge in [0, 0.05) is 13.2 Å². The molecule has 1 rings (SSSR count). The van der Waals surface area contributed by atoms with Crippen LogP contribution in [0.25, 0.3) is 0 Å². The van der Waals surface area contributed by atoms with Crippen molar-refractivity contribution in [2.45, 2.75) is 26.3 Å². The molecule has 6 heteroatoms. The summed E-state index contributed by atoms with van der Waals surface area (Å²) in [6.45, 7) is 2.51. The average Bonchev–Trinajstić information content (AvgIpc) is 2.78. The second-order valence-corrected chi connectivity index (χ2v) is 5.84. The molecule has 1 aromatic heterocycles. The van der Waals surface area contributed by atoms with Crippen LogP contribution in [0.1, 0.15) is 25.5 Å². The van der Waals surface area contributed by atoms with Crippen LogP contribution in [0.4, 0.5) is 0 Å². The lowest BCUT2D eigenvalue weighted by Gasteiger charge is -2.19. The zero-order chi connectivity index (χ0) is 12.7. The van der Waals surface area contributed by atoms with Crippen molar-refractivity contribution in [3.8, 4) is 0 Å². The number of furan rings is 1. The summed E-state index contributed by atoms with van der Waals surface area (Å²) in [5.74, 6) is 0.708. The summed E-state index contributed by atoms with van der Waals surface area (Å²) in [5, 5.41) is 8.64. The van der Waals surface area contributed by atoms with Crippen molar-refractivity contribution in [1.82, 2.24) is 4.31 Å². The first-order valence-electron chi connectivity index (χ1n) is 5.71. The Hall–Kier alpha value is -0.850. The third-order valence-corrected chi connectivity index (χ3v) is 4.45. The third kappa shape index (κ3) is 4.49. The van der Waals surface area contributed by atoms with Gasteiger partial charge in [-0.15, -0.1) is 0 Å². The van der Waals surface area contributed by atoms with Gasteiger partial charge in [0.2, 0.25) is 10.0 Å². The van der Waals surface area contributed by atoms with Crippen LogP contribution >= 0.6 is 0 Å². The van der Waals surface area contributed by atoms with Crippen LogP contribution < -0.4 is 0 Å². The Labute approximate surface area is 102 Å². The van der Waals surface area contributed by atoms with Crippen molar-refractivity contribution in [1.29, 1.82) is 0 Å². The predicted molar refractivity (Wildman–Crippen MR) is 64.9 cm³/mol. The zero-order valence-corrected chi connectivity index (χ0v) is 10.8. The molecule has 0 spiro atoms. The second kappa shape index (κ2) is 6.78. The Morgan fingerprint density at radius 1 is 1.41 bits per heavy atom. The van der Waals surface area contributed by atoms with E-state index < -0.39 is 10.0 Å². The standard InChI is InChI=1S/C11H19NO4S/c1-2-12(10-11-6-5-8-16-11)17(14,15)9-4-3-7-13/h5-6,8,13H,2-4,7,9-10H2,1H3. The lowest BCUT2D eigenvalue weighted by Crippen LogP contribution is -2.32. The highest BCUT2D eigenvalue weighted by Gasteiger charge is 2.20. The van der Waals surface area contributed by atoms with Crippen LogP contribution in [0.15, 0.2) is 22.8 Å². The highest BCUT2D eigenvalue weighted by atomic mass is 32.2. The maximum absolute atomic E-state index is 12.0. The molecule has 0 radical (unpaired) electrons. The molecule has 0 aromatic carbocycles. The van der Waals surface area contributed by atoms with E-state index in [4.69, 9.17) is 9.52 Å². The van der Waals surface area contributed by atoms with Gasteiger partial charge >= 0.3 is 0 Å². The van der Waals surface area contributed by atoms with Gasteiger partial charge in [-0.05, 0) is 25.0 Å². The van der Waals surface area contributed by atoms with E-state index in [9.17, 15) is 8.42 Å². The summed E-state index contributed by atoms with van der Waals surface area (Å²) in [4.78, 5) is 0. The summed E-state index contributed by atoms with van der Waals surface area (Å²) in [6, 6.07) is 3.49. The van der Waals surface area contributed by atoms with E-state index in [1.54, 1.807) is 19.1 Å². The highest BCUT2D eigenvalue weighted by Crippen LogP contribution is 2.11. The van der Waals surface area contributed by atoms with Crippen LogP contribution in [-0.2, 0) is 16.6 Å². The van der Waals surface area contributed by atoms with E-state index >= 15 is 0 Å². The van der Waals surface area contributed by atoms with Crippen LogP contribution in [0.5, 0.6) is 0 Å². The van der Waals surface area contributed by atoms with Crippen molar-refractivity contribution in [2.75, 3.05) is 18.9 Å². The molecule has 0 aliphatic heterocycles. The Kier molecular flexibility index (Phi) is 5.67. The van der Waals surface area contributed by atoms with Gasteiger partial charge in [-0.3, -0.25) is 0 Å². The number of unbranched alkanes of at least 4 members (excludes halogenated alkanes) is 1. The van der Waals surface area contributed by atoms with E-state index in [-0.39, 0.29) is 18.9 Å². The summed E-state index contributed by atoms with van der Waals surface area (Å²) < 4.78 is 30.5. The molecule has 0 atom stereocenters. The molecule has 0 fully saturated rings. The molecule has 0 aliphatic rings. The second-order valence-electron chi connectivity index (χ2n) is 3.75. The van der Waals surface area contributed by atoms with Crippen molar-refractivity contribution in [2.24, 2.45) is 0 Å². The molecule has 0 amide bonds. The van der Waals surface area contributed by atoms with Gasteiger partial charge < -0.3 is 9.52 Å². The lowest BCUT2D eigenvalue weighted by molar-refractivity contribution is 0.286. The van der Waals surface area contributed by atoms with Crippen LogP contribution in [-0.4, -0.2) is 36.7 Å². The highest BCUT2D eigenvalue weighted by molar-refractivity contribution is 7.89. The van der Waals surface area contributed by atoms with Crippen molar-refractivity contribution in [3.05, 3.63) is 24.2 Å². The minimum absolute atomic E-state index is 0.0276. The number of nitrogens with zero attached hydrogens (tertiary/aromatic N) is 1. The van der Waals surface area contributed by atoms with Gasteiger partial charge in [0.1, 0.15) is 5.76 Å². The Bertz CT molecular complexity index is 399. The summed E-state index contributed by atoms with van der Waals surface area (Å²) in [7, 11) is -3.26. The molecule has 17 heavy (non-hydrogen) atoms. The fraction of sp³-hybridized carbons (Fsp3) is 0.636. The molecule has 0 unspecified atom stereocenters. The molecule has 0 bridgehead atoms. The quantitative estimate of drug-likeness (QED) is 0.714. The van der Waals surface area contributed by atoms with E-state index in [0.29, 0.717) is 25.1 Å². The molecule has 0 saturated carbocycles. The molecule has 1 N–H and O–H groups in total. The minimum atomic E-state index is -3.26. The Balaban J connectivity index is 2.59. The monoisotopic (exact) mass is 261 g/mol. The normalized spacial score (nSPS) is 12.2. The van der Waals surface area contributed by atoms with E-state index in [2.05, 4.69) is 0 Å². The number of sulfonamides is 1. The summed E-state index contributed by atoms with van der Waals surface area (Å²) >= 11 is 0. The SMILES string of the molecule is CCN(Cc1ccco1)S(=O)(=O)CCCCO.